The van der Waals surface area contributed by atoms with Gasteiger partial charge in [0.05, 0.1) is 22.7 Å². The van der Waals surface area contributed by atoms with Crippen LogP contribution < -0.4 is 5.73 Å². The van der Waals surface area contributed by atoms with Gasteiger partial charge in [-0.15, -0.1) is 0 Å². The molecule has 0 amide bonds. The van der Waals surface area contributed by atoms with E-state index in [-0.39, 0.29) is 6.61 Å². The summed E-state index contributed by atoms with van der Waals surface area (Å²) >= 11 is 17.5. The van der Waals surface area contributed by atoms with Crippen LogP contribution in [0.15, 0.2) is 12.1 Å². The molecule has 3 N–H and O–H groups in total. The van der Waals surface area contributed by atoms with Crippen molar-refractivity contribution in [2.45, 2.75) is 6.04 Å². The number of hydrogen-bond acceptors (Lipinski definition) is 2. The molecule has 0 saturated heterocycles. The maximum Gasteiger partial charge on any atom is 0.0655 e. The lowest BCUT2D eigenvalue weighted by atomic mass is 10.1. The Morgan fingerprint density at radius 3 is 2.31 bits per heavy atom. The lowest BCUT2D eigenvalue weighted by Gasteiger charge is -2.13. The molecule has 0 radical (unpaired) electrons. The van der Waals surface area contributed by atoms with E-state index in [0.717, 1.165) is 0 Å². The van der Waals surface area contributed by atoms with Gasteiger partial charge in [0.25, 0.3) is 0 Å². The van der Waals surface area contributed by atoms with Gasteiger partial charge in [0.15, 0.2) is 0 Å². The summed E-state index contributed by atoms with van der Waals surface area (Å²) < 4.78 is 0. The summed E-state index contributed by atoms with van der Waals surface area (Å²) in [4.78, 5) is 0. The van der Waals surface area contributed by atoms with Crippen LogP contribution in [0.4, 0.5) is 0 Å². The zero-order valence-electron chi connectivity index (χ0n) is 6.60. The van der Waals surface area contributed by atoms with Crippen LogP contribution in [0, 0.1) is 0 Å². The van der Waals surface area contributed by atoms with E-state index in [9.17, 15) is 0 Å². The standard InChI is InChI=1S/C8H8Cl3NO/c9-4-1-2-5(10)8(11)7(4)6(12)3-13/h1-2,6,13H,3,12H2/t6-/m1/s1. The number of halogens is 3. The largest absolute Gasteiger partial charge is 0.394 e. The van der Waals surface area contributed by atoms with Gasteiger partial charge in [-0.05, 0) is 12.1 Å². The zero-order valence-corrected chi connectivity index (χ0v) is 8.87. The number of aliphatic hydroxyl groups excluding tert-OH is 1. The van der Waals surface area contributed by atoms with Gasteiger partial charge in [-0.1, -0.05) is 34.8 Å². The Morgan fingerprint density at radius 1 is 1.23 bits per heavy atom. The number of nitrogens with two attached hydrogens (primary N) is 1. The molecule has 2 nitrogen and oxygen atoms in total. The molecule has 0 unspecified atom stereocenters. The number of rotatable bonds is 2. The molecule has 0 aromatic heterocycles. The normalized spacial score (nSPS) is 13.0. The number of hydrogen-bond donors (Lipinski definition) is 2. The van der Waals surface area contributed by atoms with Crippen molar-refractivity contribution in [2.75, 3.05) is 6.61 Å². The van der Waals surface area contributed by atoms with Gasteiger partial charge in [0, 0.05) is 10.6 Å². The Morgan fingerprint density at radius 2 is 1.77 bits per heavy atom. The molecule has 1 atom stereocenters. The zero-order chi connectivity index (χ0) is 10.0. The Hall–Kier alpha value is 0.01000. The summed E-state index contributed by atoms with van der Waals surface area (Å²) in [6, 6.07) is 2.58. The quantitative estimate of drug-likeness (QED) is 0.781. The molecule has 0 fully saturated rings. The minimum Gasteiger partial charge on any atom is -0.394 e. The molecular formula is C8H8Cl3NO. The van der Waals surface area contributed by atoms with Crippen LogP contribution in [0.5, 0.6) is 0 Å². The van der Waals surface area contributed by atoms with Crippen molar-refractivity contribution in [2.24, 2.45) is 5.73 Å². The summed E-state index contributed by atoms with van der Waals surface area (Å²) in [5.41, 5.74) is 6.07. The van der Waals surface area contributed by atoms with Gasteiger partial charge in [-0.2, -0.15) is 0 Å². The van der Waals surface area contributed by atoms with Gasteiger partial charge in [-0.3, -0.25) is 0 Å². The molecule has 0 spiro atoms. The Kier molecular flexibility index (Phi) is 3.83. The van der Waals surface area contributed by atoms with Crippen LogP contribution in [-0.2, 0) is 0 Å². The fourth-order valence-corrected chi connectivity index (χ4v) is 1.79. The van der Waals surface area contributed by atoms with Crippen molar-refractivity contribution >= 4 is 34.8 Å². The molecular weight excluding hydrogens is 232 g/mol. The summed E-state index contributed by atoms with van der Waals surface area (Å²) in [5, 5.41) is 9.94. The molecule has 1 aromatic rings. The molecule has 72 valence electrons. The first kappa shape index (κ1) is 11.1. The molecule has 1 aromatic carbocycles. The highest BCUT2D eigenvalue weighted by Gasteiger charge is 2.15. The Balaban J connectivity index is 3.25. The lowest BCUT2D eigenvalue weighted by Crippen LogP contribution is -2.15. The third-order valence-corrected chi connectivity index (χ3v) is 2.80. The minimum absolute atomic E-state index is 0.222. The SMILES string of the molecule is N[C@H](CO)c1c(Cl)ccc(Cl)c1Cl. The van der Waals surface area contributed by atoms with Crippen LogP contribution in [0.25, 0.3) is 0 Å². The molecule has 0 saturated carbocycles. The van der Waals surface area contributed by atoms with E-state index in [1.807, 2.05) is 0 Å². The first-order valence-electron chi connectivity index (χ1n) is 3.57. The van der Waals surface area contributed by atoms with Crippen molar-refractivity contribution in [3.05, 3.63) is 32.8 Å². The highest BCUT2D eigenvalue weighted by molar-refractivity contribution is 6.44. The predicted octanol–water partition coefficient (Wildman–Crippen LogP) is 2.64. The van der Waals surface area contributed by atoms with Crippen molar-refractivity contribution in [1.82, 2.24) is 0 Å². The fourth-order valence-electron chi connectivity index (χ4n) is 0.974. The highest BCUT2D eigenvalue weighted by atomic mass is 35.5. The van der Waals surface area contributed by atoms with E-state index in [2.05, 4.69) is 0 Å². The van der Waals surface area contributed by atoms with Crippen LogP contribution in [0.2, 0.25) is 15.1 Å². The Bertz CT molecular complexity index is 317. The topological polar surface area (TPSA) is 46.2 Å². The Labute approximate surface area is 91.2 Å². The van der Waals surface area contributed by atoms with Crippen LogP contribution in [0.1, 0.15) is 11.6 Å². The van der Waals surface area contributed by atoms with Gasteiger partial charge >= 0.3 is 0 Å². The lowest BCUT2D eigenvalue weighted by molar-refractivity contribution is 0.268. The third kappa shape index (κ3) is 2.27. The van der Waals surface area contributed by atoms with Gasteiger partial charge < -0.3 is 10.8 Å². The average molecular weight is 241 g/mol. The van der Waals surface area contributed by atoms with Gasteiger partial charge in [-0.25, -0.2) is 0 Å². The molecule has 13 heavy (non-hydrogen) atoms. The summed E-state index contributed by atoms with van der Waals surface area (Å²) in [6.45, 7) is -0.222. The first-order chi connectivity index (χ1) is 6.07. The van der Waals surface area contributed by atoms with Crippen molar-refractivity contribution in [3.63, 3.8) is 0 Å². The van der Waals surface area contributed by atoms with Gasteiger partial charge in [0.1, 0.15) is 0 Å². The summed E-state index contributed by atoms with van der Waals surface area (Å²) in [5.74, 6) is 0. The molecule has 0 aliphatic heterocycles. The van der Waals surface area contributed by atoms with Crippen LogP contribution in [-0.4, -0.2) is 11.7 Å². The molecule has 0 heterocycles. The smallest absolute Gasteiger partial charge is 0.0655 e. The average Bonchev–Trinajstić information content (AvgIpc) is 2.12. The fraction of sp³-hybridized carbons (Fsp3) is 0.250. The minimum atomic E-state index is -0.598. The van der Waals surface area contributed by atoms with Crippen molar-refractivity contribution in [1.29, 1.82) is 0 Å². The van der Waals surface area contributed by atoms with E-state index in [4.69, 9.17) is 45.6 Å². The third-order valence-electron chi connectivity index (χ3n) is 1.65. The predicted molar refractivity (Wildman–Crippen MR) is 55.5 cm³/mol. The number of benzene rings is 1. The second-order valence-corrected chi connectivity index (χ2v) is 3.74. The molecule has 0 aliphatic carbocycles. The molecule has 5 heteroatoms. The van der Waals surface area contributed by atoms with Gasteiger partial charge in [0.2, 0.25) is 0 Å². The van der Waals surface area contributed by atoms with Crippen LogP contribution in [0.3, 0.4) is 0 Å². The molecule has 0 bridgehead atoms. The van der Waals surface area contributed by atoms with Crippen molar-refractivity contribution < 1.29 is 5.11 Å². The number of aliphatic hydroxyl groups is 1. The molecule has 1 rings (SSSR count). The van der Waals surface area contributed by atoms with E-state index in [0.29, 0.717) is 20.6 Å². The van der Waals surface area contributed by atoms with Crippen LogP contribution >= 0.6 is 34.8 Å². The first-order valence-corrected chi connectivity index (χ1v) is 4.71. The maximum absolute atomic E-state index is 8.84. The maximum atomic E-state index is 8.84. The van der Waals surface area contributed by atoms with E-state index in [1.54, 1.807) is 12.1 Å². The van der Waals surface area contributed by atoms with E-state index in [1.165, 1.54) is 0 Å². The van der Waals surface area contributed by atoms with E-state index < -0.39 is 6.04 Å². The molecule has 0 aliphatic rings. The second-order valence-electron chi connectivity index (χ2n) is 2.55. The monoisotopic (exact) mass is 239 g/mol. The van der Waals surface area contributed by atoms with Crippen molar-refractivity contribution in [3.8, 4) is 0 Å². The highest BCUT2D eigenvalue weighted by Crippen LogP contribution is 2.34. The summed E-state index contributed by atoms with van der Waals surface area (Å²) in [7, 11) is 0. The summed E-state index contributed by atoms with van der Waals surface area (Å²) in [6.07, 6.45) is 0. The van der Waals surface area contributed by atoms with E-state index >= 15 is 0 Å². The second kappa shape index (κ2) is 4.49.